The smallest absolute Gasteiger partial charge is 0.390 e. The average molecular weight is 866 g/mol. The van der Waals surface area contributed by atoms with E-state index in [1.54, 1.807) is 45.8 Å². The minimum atomic E-state index is -0.485. The number of nitro groups is 1. The maximum Gasteiger partial charge on any atom is 0.390 e. The number of aryl methyl sites for hydroxylation is 1. The molecule has 3 amide bonds. The molecule has 2 aromatic heterocycles. The van der Waals surface area contributed by atoms with Crippen molar-refractivity contribution in [3.8, 4) is 11.5 Å². The molecule has 2 fully saturated rings. The first kappa shape index (κ1) is 42.4. The molecule has 318 valence electrons. The summed E-state index contributed by atoms with van der Waals surface area (Å²) in [4.78, 5) is 59.9. The first-order valence-electron chi connectivity index (χ1n) is 19.5. The number of fused-ring (bicyclic) bond motifs is 1. The Morgan fingerprint density at radius 1 is 1.05 bits per heavy atom. The van der Waals surface area contributed by atoms with E-state index in [0.717, 1.165) is 24.5 Å². The Morgan fingerprint density at radius 3 is 2.35 bits per heavy atom. The van der Waals surface area contributed by atoms with E-state index < -0.39 is 11.0 Å². The number of nitrogens with one attached hydrogen (secondary N) is 1. The summed E-state index contributed by atoms with van der Waals surface area (Å²) in [7, 11) is 8.53. The van der Waals surface area contributed by atoms with Gasteiger partial charge in [-0.05, 0) is 53.1 Å². The van der Waals surface area contributed by atoms with Crippen LogP contribution in [-0.4, -0.2) is 126 Å². The number of likely N-dealkylation sites (tertiary alicyclic amines) is 1. The third-order valence-electron chi connectivity index (χ3n) is 10.9. The van der Waals surface area contributed by atoms with Crippen molar-refractivity contribution in [1.82, 2.24) is 24.4 Å². The second-order valence-corrected chi connectivity index (χ2v) is 16.2. The summed E-state index contributed by atoms with van der Waals surface area (Å²) in [6, 6.07) is 8.82. The molecule has 0 bridgehead atoms. The van der Waals surface area contributed by atoms with Crippen molar-refractivity contribution in [2.45, 2.75) is 32.0 Å². The summed E-state index contributed by atoms with van der Waals surface area (Å²) in [6.45, 7) is 4.66. The average Bonchev–Trinajstić information content (AvgIpc) is 3.60. The van der Waals surface area contributed by atoms with Crippen molar-refractivity contribution in [1.29, 1.82) is 0 Å². The summed E-state index contributed by atoms with van der Waals surface area (Å²) >= 11 is 13.7. The number of quaternary nitrogens is 1. The molecular weight excluding hydrogens is 817 g/mol. The SMILES string of the molecule is COc1cc(OC)c(Cl)c(N2Cc3cnc(Nc4ccc(N5CCOCC5)cc4)nc3N(C3CCN(C(=O)/C=C/C[N+](C)(C)Cc4c([N+](=O)[O-])ncn4C)CC3)C2=O)c1Cl. The zero-order valence-corrected chi connectivity index (χ0v) is 35.6. The Labute approximate surface area is 357 Å². The van der Waals surface area contributed by atoms with Crippen LogP contribution in [0.1, 0.15) is 24.1 Å². The summed E-state index contributed by atoms with van der Waals surface area (Å²) in [5.41, 5.74) is 3.27. The lowest BCUT2D eigenvalue weighted by atomic mass is 10.0. The summed E-state index contributed by atoms with van der Waals surface area (Å²) in [5, 5.41) is 15.1. The molecule has 3 aliphatic rings. The first-order chi connectivity index (χ1) is 28.8. The Hall–Kier alpha value is -5.69. The zero-order chi connectivity index (χ0) is 42.7. The largest absolute Gasteiger partial charge is 0.495 e. The maximum absolute atomic E-state index is 14.8. The molecule has 3 aliphatic heterocycles. The van der Waals surface area contributed by atoms with Gasteiger partial charge in [0.2, 0.25) is 18.2 Å². The van der Waals surface area contributed by atoms with Gasteiger partial charge in [0.05, 0.1) is 60.3 Å². The van der Waals surface area contributed by atoms with Gasteiger partial charge in [0, 0.05) is 74.5 Å². The monoisotopic (exact) mass is 864 g/mol. The number of carbonyl (C=O) groups excluding carboxylic acids is 2. The Balaban J connectivity index is 1.10. The second-order valence-electron chi connectivity index (χ2n) is 15.4. The highest BCUT2D eigenvalue weighted by atomic mass is 35.5. The fraction of sp³-hybridized carbons (Fsp3) is 0.425. The fourth-order valence-electron chi connectivity index (χ4n) is 7.69. The number of carbonyl (C=O) groups is 2. The lowest BCUT2D eigenvalue weighted by Crippen LogP contribution is -2.55. The highest BCUT2D eigenvalue weighted by molar-refractivity contribution is 6.42. The van der Waals surface area contributed by atoms with Crippen LogP contribution in [0.5, 0.6) is 11.5 Å². The number of urea groups is 1. The highest BCUT2D eigenvalue weighted by Gasteiger charge is 2.41. The predicted molar refractivity (Wildman–Crippen MR) is 228 cm³/mol. The first-order valence-corrected chi connectivity index (χ1v) is 20.2. The molecule has 0 saturated carbocycles. The topological polar surface area (TPSA) is 174 Å². The molecule has 4 aromatic rings. The van der Waals surface area contributed by atoms with Gasteiger partial charge in [-0.25, -0.2) is 9.78 Å². The summed E-state index contributed by atoms with van der Waals surface area (Å²) < 4.78 is 18.6. The highest BCUT2D eigenvalue weighted by Crippen LogP contribution is 2.48. The quantitative estimate of drug-likeness (QED) is 0.0743. The molecule has 1 N–H and O–H groups in total. The van der Waals surface area contributed by atoms with E-state index >= 15 is 0 Å². The molecule has 60 heavy (non-hydrogen) atoms. The van der Waals surface area contributed by atoms with Crippen LogP contribution in [0.3, 0.4) is 0 Å². The Bertz CT molecular complexity index is 2250. The van der Waals surface area contributed by atoms with E-state index in [0.29, 0.717) is 79.7 Å². The van der Waals surface area contributed by atoms with Crippen LogP contribution in [0, 0.1) is 10.1 Å². The van der Waals surface area contributed by atoms with E-state index in [1.807, 2.05) is 38.4 Å². The van der Waals surface area contributed by atoms with Crippen LogP contribution in [0.25, 0.3) is 0 Å². The van der Waals surface area contributed by atoms with Crippen molar-refractivity contribution in [2.75, 3.05) is 94.3 Å². The number of methoxy groups -OCH3 is 2. The molecule has 20 heteroatoms. The molecular formula is C40H48Cl2N11O7+. The number of aromatic nitrogens is 4. The number of anilines is 5. The van der Waals surface area contributed by atoms with Gasteiger partial charge >= 0.3 is 11.8 Å². The second kappa shape index (κ2) is 17.9. The van der Waals surface area contributed by atoms with Crippen LogP contribution in [0.4, 0.5) is 39.4 Å². The van der Waals surface area contributed by atoms with Crippen LogP contribution < -0.4 is 29.5 Å². The molecule has 2 aromatic carbocycles. The molecule has 7 rings (SSSR count). The van der Waals surface area contributed by atoms with E-state index in [4.69, 9.17) is 42.4 Å². The molecule has 0 atom stereocenters. The standard InChI is InChI=1S/C40H48Cl2N11O7/c1-47-25-44-38(52(56)57)30(47)24-53(2,3)18-6-7-33(54)49-14-12-29(13-15-49)51-37-26(23-50(40(51)55)36-34(41)31(58-4)21-32(59-5)35(36)42)22-43-39(46-37)45-27-8-10-28(11-9-27)48-16-19-60-20-17-48/h6-11,21-22,25,29H,12-20,23-24H2,1-5H3,(H,43,45,46)/q+1/b7-6+. The Kier molecular flexibility index (Phi) is 12.6. The van der Waals surface area contributed by atoms with Crippen LogP contribution in [0.2, 0.25) is 10.0 Å². The molecule has 0 radical (unpaired) electrons. The molecule has 0 spiro atoms. The molecule has 0 unspecified atom stereocenters. The summed E-state index contributed by atoms with van der Waals surface area (Å²) in [6.07, 6.45) is 7.37. The van der Waals surface area contributed by atoms with Gasteiger partial charge in [-0.1, -0.05) is 23.2 Å². The third-order valence-corrected chi connectivity index (χ3v) is 11.7. The summed E-state index contributed by atoms with van der Waals surface area (Å²) in [5.74, 6) is 0.993. The number of benzene rings is 2. The number of likely N-dealkylation sites (N-methyl/N-ethyl adjacent to an activating group) is 1. The van der Waals surface area contributed by atoms with E-state index in [2.05, 4.69) is 20.2 Å². The molecule has 18 nitrogen and oxygen atoms in total. The number of amides is 3. The lowest BCUT2D eigenvalue weighted by molar-refractivity contribution is -0.898. The fourth-order valence-corrected chi connectivity index (χ4v) is 8.40. The number of hydrogen-bond acceptors (Lipinski definition) is 12. The van der Waals surface area contributed by atoms with Gasteiger partial charge in [0.15, 0.2) is 5.69 Å². The van der Waals surface area contributed by atoms with Crippen molar-refractivity contribution in [3.05, 3.63) is 86.4 Å². The number of ether oxygens (including phenoxy) is 3. The number of rotatable bonds is 13. The minimum absolute atomic E-state index is 0.0693. The number of halogens is 2. The van der Waals surface area contributed by atoms with E-state index in [9.17, 15) is 19.7 Å². The lowest BCUT2D eigenvalue weighted by Gasteiger charge is -2.43. The van der Waals surface area contributed by atoms with E-state index in [1.165, 1.54) is 25.4 Å². The van der Waals surface area contributed by atoms with Gasteiger partial charge in [-0.3, -0.25) is 14.6 Å². The van der Waals surface area contributed by atoms with Crippen molar-refractivity contribution < 1.29 is 33.2 Å². The van der Waals surface area contributed by atoms with Gasteiger partial charge in [-0.15, -0.1) is 0 Å². The minimum Gasteiger partial charge on any atom is -0.495 e. The van der Waals surface area contributed by atoms with E-state index in [-0.39, 0.29) is 51.5 Å². The third kappa shape index (κ3) is 8.91. The van der Waals surface area contributed by atoms with Crippen LogP contribution >= 0.6 is 23.2 Å². The number of nitrogens with zero attached hydrogens (tertiary/aromatic N) is 10. The van der Waals surface area contributed by atoms with Gasteiger partial charge in [0.1, 0.15) is 33.9 Å². The van der Waals surface area contributed by atoms with Gasteiger partial charge < -0.3 is 48.5 Å². The maximum atomic E-state index is 14.8. The van der Waals surface area contributed by atoms with Crippen molar-refractivity contribution in [3.63, 3.8) is 0 Å². The van der Waals surface area contributed by atoms with Gasteiger partial charge in [-0.2, -0.15) is 4.98 Å². The number of morpholine rings is 1. The predicted octanol–water partition coefficient (Wildman–Crippen LogP) is 5.79. The van der Waals surface area contributed by atoms with Crippen molar-refractivity contribution >= 4 is 69.8 Å². The van der Waals surface area contributed by atoms with Crippen LogP contribution in [0.15, 0.2) is 55.0 Å². The number of imidazole rings is 1. The normalized spacial score (nSPS) is 16.4. The number of piperidine rings is 1. The Morgan fingerprint density at radius 2 is 1.72 bits per heavy atom. The molecule has 5 heterocycles. The molecule has 2 saturated heterocycles. The van der Waals surface area contributed by atoms with Gasteiger partial charge in [0.25, 0.3) is 0 Å². The van der Waals surface area contributed by atoms with Crippen molar-refractivity contribution in [2.24, 2.45) is 7.05 Å². The molecule has 0 aliphatic carbocycles. The number of hydrogen-bond donors (Lipinski definition) is 1. The van der Waals surface area contributed by atoms with Crippen LogP contribution in [-0.2, 0) is 29.7 Å². The zero-order valence-electron chi connectivity index (χ0n) is 34.1.